The Bertz CT molecular complexity index is 704. The molecular formula is C13H12N4O. The van der Waals surface area contributed by atoms with Crippen molar-refractivity contribution in [2.45, 2.75) is 6.92 Å². The zero-order valence-corrected chi connectivity index (χ0v) is 9.84. The van der Waals surface area contributed by atoms with Crippen LogP contribution in [0.15, 0.2) is 47.8 Å². The second-order valence-corrected chi connectivity index (χ2v) is 4.10. The molecule has 5 heteroatoms. The molecule has 1 aromatic carbocycles. The maximum absolute atomic E-state index is 11.4. The molecule has 0 unspecified atom stereocenters. The topological polar surface area (TPSA) is 66.5 Å². The van der Waals surface area contributed by atoms with Crippen molar-refractivity contribution in [3.8, 4) is 16.9 Å². The van der Waals surface area contributed by atoms with E-state index in [1.165, 1.54) is 0 Å². The Morgan fingerprint density at radius 1 is 1.17 bits per heavy atom. The number of hydrogen-bond donors (Lipinski definition) is 2. The van der Waals surface area contributed by atoms with Gasteiger partial charge in [-0.25, -0.2) is 4.98 Å². The molecule has 0 bridgehead atoms. The molecule has 3 rings (SSSR count). The Hall–Kier alpha value is -2.56. The molecule has 0 fully saturated rings. The molecule has 90 valence electrons. The molecule has 0 aliphatic rings. The zero-order chi connectivity index (χ0) is 12.5. The van der Waals surface area contributed by atoms with E-state index in [1.807, 2.05) is 35.0 Å². The summed E-state index contributed by atoms with van der Waals surface area (Å²) in [6.45, 7) is 1.80. The highest BCUT2D eigenvalue weighted by atomic mass is 16.1. The average molecular weight is 240 g/mol. The van der Waals surface area contributed by atoms with Gasteiger partial charge < -0.3 is 4.57 Å². The van der Waals surface area contributed by atoms with Crippen LogP contribution in [0.1, 0.15) is 5.56 Å². The lowest BCUT2D eigenvalue weighted by atomic mass is 10.1. The molecule has 2 heterocycles. The van der Waals surface area contributed by atoms with Gasteiger partial charge in [-0.05, 0) is 19.1 Å². The number of nitrogens with zero attached hydrogens (tertiary/aromatic N) is 2. The van der Waals surface area contributed by atoms with E-state index in [2.05, 4.69) is 15.2 Å². The van der Waals surface area contributed by atoms with Crippen LogP contribution in [0.25, 0.3) is 16.9 Å². The molecule has 0 aliphatic carbocycles. The summed E-state index contributed by atoms with van der Waals surface area (Å²) < 4.78 is 1.93. The third-order valence-electron chi connectivity index (χ3n) is 2.98. The van der Waals surface area contributed by atoms with E-state index in [1.54, 1.807) is 19.4 Å². The largest absolute Gasteiger partial charge is 0.306 e. The molecule has 0 atom stereocenters. The van der Waals surface area contributed by atoms with Gasteiger partial charge in [-0.3, -0.25) is 15.0 Å². The average Bonchev–Trinajstić information content (AvgIpc) is 3.02. The predicted molar refractivity (Wildman–Crippen MR) is 68.7 cm³/mol. The quantitative estimate of drug-likeness (QED) is 0.718. The second-order valence-electron chi connectivity index (χ2n) is 4.10. The Kier molecular flexibility index (Phi) is 2.37. The summed E-state index contributed by atoms with van der Waals surface area (Å²) in [6, 6.07) is 7.92. The van der Waals surface area contributed by atoms with E-state index in [-0.39, 0.29) is 5.56 Å². The summed E-state index contributed by atoms with van der Waals surface area (Å²) in [7, 11) is 0. The smallest absolute Gasteiger partial charge is 0.267 e. The fourth-order valence-electron chi connectivity index (χ4n) is 1.92. The van der Waals surface area contributed by atoms with E-state index < -0.39 is 0 Å². The first-order chi connectivity index (χ1) is 8.75. The van der Waals surface area contributed by atoms with Crippen LogP contribution in [-0.4, -0.2) is 19.7 Å². The van der Waals surface area contributed by atoms with Gasteiger partial charge in [0, 0.05) is 29.2 Å². The summed E-state index contributed by atoms with van der Waals surface area (Å²) in [6.07, 6.45) is 5.37. The van der Waals surface area contributed by atoms with Crippen LogP contribution < -0.4 is 5.56 Å². The Morgan fingerprint density at radius 3 is 2.50 bits per heavy atom. The molecule has 0 saturated heterocycles. The Morgan fingerprint density at radius 2 is 1.94 bits per heavy atom. The van der Waals surface area contributed by atoms with E-state index in [9.17, 15) is 4.79 Å². The van der Waals surface area contributed by atoms with Crippen molar-refractivity contribution in [3.05, 3.63) is 58.9 Å². The van der Waals surface area contributed by atoms with Crippen LogP contribution >= 0.6 is 0 Å². The number of benzene rings is 1. The standard InChI is InChI=1S/C13H12N4O/c1-9-12(15-16-13(9)18)10-2-4-11(5-3-10)17-7-6-14-8-17/h2-8H,1H3,(H2,15,16,18). The number of hydrogen-bond acceptors (Lipinski definition) is 2. The van der Waals surface area contributed by atoms with Gasteiger partial charge in [0.15, 0.2) is 0 Å². The normalized spacial score (nSPS) is 10.7. The van der Waals surface area contributed by atoms with Crippen LogP contribution in [0.3, 0.4) is 0 Å². The summed E-state index contributed by atoms with van der Waals surface area (Å²) in [4.78, 5) is 15.4. The predicted octanol–water partition coefficient (Wildman–Crippen LogP) is 1.86. The van der Waals surface area contributed by atoms with Crippen molar-refractivity contribution in [3.63, 3.8) is 0 Å². The lowest BCUT2D eigenvalue weighted by Gasteiger charge is -2.04. The highest BCUT2D eigenvalue weighted by Crippen LogP contribution is 2.20. The van der Waals surface area contributed by atoms with Crippen LogP contribution in [0, 0.1) is 6.92 Å². The molecule has 18 heavy (non-hydrogen) atoms. The first-order valence-corrected chi connectivity index (χ1v) is 5.62. The van der Waals surface area contributed by atoms with Gasteiger partial charge in [0.2, 0.25) is 0 Å². The van der Waals surface area contributed by atoms with E-state index in [0.29, 0.717) is 5.56 Å². The SMILES string of the molecule is Cc1c(-c2ccc(-n3ccnc3)cc2)[nH][nH]c1=O. The summed E-state index contributed by atoms with van der Waals surface area (Å²) >= 11 is 0. The van der Waals surface area contributed by atoms with Crippen LogP contribution in [0.5, 0.6) is 0 Å². The highest BCUT2D eigenvalue weighted by molar-refractivity contribution is 5.63. The van der Waals surface area contributed by atoms with Crippen molar-refractivity contribution in [2.75, 3.05) is 0 Å². The number of H-pyrrole nitrogens is 2. The third kappa shape index (κ3) is 1.66. The van der Waals surface area contributed by atoms with Gasteiger partial charge >= 0.3 is 0 Å². The highest BCUT2D eigenvalue weighted by Gasteiger charge is 2.07. The first kappa shape index (κ1) is 10.6. The first-order valence-electron chi connectivity index (χ1n) is 5.62. The van der Waals surface area contributed by atoms with Gasteiger partial charge in [-0.1, -0.05) is 12.1 Å². The fraction of sp³-hybridized carbons (Fsp3) is 0.0769. The van der Waals surface area contributed by atoms with E-state index >= 15 is 0 Å². The summed E-state index contributed by atoms with van der Waals surface area (Å²) in [5.41, 5.74) is 3.47. The van der Waals surface area contributed by atoms with Crippen LogP contribution in [0.4, 0.5) is 0 Å². The number of rotatable bonds is 2. The number of imidazole rings is 1. The third-order valence-corrected chi connectivity index (χ3v) is 2.98. The molecule has 2 N–H and O–H groups in total. The van der Waals surface area contributed by atoms with Gasteiger partial charge in [-0.2, -0.15) is 0 Å². The van der Waals surface area contributed by atoms with E-state index in [0.717, 1.165) is 16.9 Å². The molecule has 0 saturated carbocycles. The van der Waals surface area contributed by atoms with Crippen LogP contribution in [0.2, 0.25) is 0 Å². The zero-order valence-electron chi connectivity index (χ0n) is 9.84. The fourth-order valence-corrected chi connectivity index (χ4v) is 1.92. The molecule has 3 aromatic rings. The van der Waals surface area contributed by atoms with Gasteiger partial charge in [0.25, 0.3) is 5.56 Å². The molecular weight excluding hydrogens is 228 g/mol. The minimum atomic E-state index is -0.0799. The van der Waals surface area contributed by atoms with Gasteiger partial charge in [-0.15, -0.1) is 0 Å². The lowest BCUT2D eigenvalue weighted by molar-refractivity contribution is 1.05. The number of aromatic nitrogens is 4. The Labute approximate surface area is 103 Å². The molecule has 5 nitrogen and oxygen atoms in total. The molecule has 0 radical (unpaired) electrons. The minimum absolute atomic E-state index is 0.0799. The number of nitrogens with one attached hydrogen (secondary N) is 2. The summed E-state index contributed by atoms with van der Waals surface area (Å²) in [5.74, 6) is 0. The van der Waals surface area contributed by atoms with Gasteiger partial charge in [0.1, 0.15) is 0 Å². The Balaban J connectivity index is 2.01. The van der Waals surface area contributed by atoms with Crippen LogP contribution in [-0.2, 0) is 0 Å². The monoisotopic (exact) mass is 240 g/mol. The van der Waals surface area contributed by atoms with Crippen molar-refractivity contribution in [1.82, 2.24) is 19.7 Å². The molecule has 2 aromatic heterocycles. The van der Waals surface area contributed by atoms with Crippen molar-refractivity contribution in [2.24, 2.45) is 0 Å². The van der Waals surface area contributed by atoms with Crippen molar-refractivity contribution in [1.29, 1.82) is 0 Å². The summed E-state index contributed by atoms with van der Waals surface area (Å²) in [5, 5.41) is 5.47. The number of aromatic amines is 2. The maximum atomic E-state index is 11.4. The maximum Gasteiger partial charge on any atom is 0.267 e. The second kappa shape index (κ2) is 4.03. The molecule has 0 aliphatic heterocycles. The van der Waals surface area contributed by atoms with E-state index in [4.69, 9.17) is 0 Å². The van der Waals surface area contributed by atoms with Crippen molar-refractivity contribution >= 4 is 0 Å². The van der Waals surface area contributed by atoms with Crippen molar-refractivity contribution < 1.29 is 0 Å². The molecule has 0 spiro atoms. The van der Waals surface area contributed by atoms with Gasteiger partial charge in [0.05, 0.1) is 12.0 Å². The minimum Gasteiger partial charge on any atom is -0.306 e. The lowest BCUT2D eigenvalue weighted by Crippen LogP contribution is -2.00. The molecule has 0 amide bonds.